The first-order valence-corrected chi connectivity index (χ1v) is 6.30. The smallest absolute Gasteiger partial charge is 0.181 e. The van der Waals surface area contributed by atoms with Crippen LogP contribution in [0.1, 0.15) is 22.5 Å². The molecule has 3 heterocycles. The molecule has 0 saturated carbocycles. The summed E-state index contributed by atoms with van der Waals surface area (Å²) < 4.78 is 1.71. The van der Waals surface area contributed by atoms with Gasteiger partial charge in [0.1, 0.15) is 0 Å². The Morgan fingerprint density at radius 3 is 2.79 bits per heavy atom. The van der Waals surface area contributed by atoms with Crippen molar-refractivity contribution in [1.29, 1.82) is 0 Å². The standard InChI is InChI=1S/C13H12ClN5/c1-8-9(2)13-17-16-11(19(13)18-12(8)14)6-10-4-3-5-15-7-10/h3-5,7H,6H2,1-2H3. The first-order chi connectivity index (χ1) is 9.16. The number of hydrogen-bond acceptors (Lipinski definition) is 4. The Balaban J connectivity index is 2.11. The number of fused-ring (bicyclic) bond motifs is 1. The summed E-state index contributed by atoms with van der Waals surface area (Å²) in [5.41, 5.74) is 3.76. The van der Waals surface area contributed by atoms with E-state index in [0.717, 1.165) is 28.2 Å². The van der Waals surface area contributed by atoms with Crippen molar-refractivity contribution < 1.29 is 0 Å². The van der Waals surface area contributed by atoms with Crippen molar-refractivity contribution in [2.45, 2.75) is 20.3 Å². The highest BCUT2D eigenvalue weighted by Gasteiger charge is 2.13. The SMILES string of the molecule is Cc1c(Cl)nn2c(Cc3cccnc3)nnc2c1C. The van der Waals surface area contributed by atoms with Gasteiger partial charge in [-0.25, -0.2) is 0 Å². The Bertz CT molecular complexity index is 736. The van der Waals surface area contributed by atoms with Crippen LogP contribution in [0.15, 0.2) is 24.5 Å². The molecule has 0 bridgehead atoms. The van der Waals surface area contributed by atoms with Gasteiger partial charge in [0, 0.05) is 24.4 Å². The van der Waals surface area contributed by atoms with Gasteiger partial charge in [0.25, 0.3) is 0 Å². The summed E-state index contributed by atoms with van der Waals surface area (Å²) in [6.45, 7) is 3.90. The molecule has 3 aromatic heterocycles. The number of aromatic nitrogens is 5. The van der Waals surface area contributed by atoms with Crippen molar-refractivity contribution in [2.24, 2.45) is 0 Å². The number of halogens is 1. The number of hydrogen-bond donors (Lipinski definition) is 0. The van der Waals surface area contributed by atoms with E-state index in [1.807, 2.05) is 32.2 Å². The van der Waals surface area contributed by atoms with Crippen molar-refractivity contribution in [1.82, 2.24) is 24.8 Å². The molecular weight excluding hydrogens is 262 g/mol. The summed E-state index contributed by atoms with van der Waals surface area (Å²) in [5.74, 6) is 0.757. The Labute approximate surface area is 115 Å². The average Bonchev–Trinajstić information content (AvgIpc) is 2.81. The molecule has 0 amide bonds. The van der Waals surface area contributed by atoms with E-state index in [-0.39, 0.29) is 0 Å². The third kappa shape index (κ3) is 2.06. The Hall–Kier alpha value is -2.01. The Kier molecular flexibility index (Phi) is 2.91. The second-order valence-electron chi connectivity index (χ2n) is 4.43. The molecule has 19 heavy (non-hydrogen) atoms. The summed E-state index contributed by atoms with van der Waals surface area (Å²) >= 11 is 6.12. The van der Waals surface area contributed by atoms with E-state index in [1.54, 1.807) is 10.7 Å². The topological polar surface area (TPSA) is 56.0 Å². The molecule has 0 unspecified atom stereocenters. The van der Waals surface area contributed by atoms with Crippen LogP contribution in [0.25, 0.3) is 5.65 Å². The van der Waals surface area contributed by atoms with E-state index in [2.05, 4.69) is 20.3 Å². The fraction of sp³-hybridized carbons (Fsp3) is 0.231. The van der Waals surface area contributed by atoms with Crippen LogP contribution in [-0.2, 0) is 6.42 Å². The lowest BCUT2D eigenvalue weighted by molar-refractivity contribution is 0.829. The Morgan fingerprint density at radius 1 is 1.21 bits per heavy atom. The number of aryl methyl sites for hydroxylation is 1. The minimum absolute atomic E-state index is 0.484. The third-order valence-corrected chi connectivity index (χ3v) is 3.54. The molecule has 0 aliphatic rings. The zero-order valence-electron chi connectivity index (χ0n) is 10.6. The summed E-state index contributed by atoms with van der Waals surface area (Å²) in [4.78, 5) is 4.09. The summed E-state index contributed by atoms with van der Waals surface area (Å²) in [7, 11) is 0. The molecule has 3 aromatic rings. The minimum atomic E-state index is 0.484. The largest absolute Gasteiger partial charge is 0.264 e. The molecule has 0 spiro atoms. The lowest BCUT2D eigenvalue weighted by atomic mass is 10.2. The van der Waals surface area contributed by atoms with Crippen LogP contribution >= 0.6 is 11.6 Å². The zero-order valence-corrected chi connectivity index (χ0v) is 11.4. The van der Waals surface area contributed by atoms with Crippen LogP contribution in [0.3, 0.4) is 0 Å². The van der Waals surface area contributed by atoms with E-state index < -0.39 is 0 Å². The number of rotatable bonds is 2. The maximum Gasteiger partial charge on any atom is 0.181 e. The molecule has 0 N–H and O–H groups in total. The molecule has 0 aliphatic heterocycles. The molecule has 0 atom stereocenters. The van der Waals surface area contributed by atoms with Crippen LogP contribution in [0.2, 0.25) is 5.15 Å². The molecule has 0 saturated heterocycles. The molecule has 0 aromatic carbocycles. The number of nitrogens with zero attached hydrogens (tertiary/aromatic N) is 5. The fourth-order valence-electron chi connectivity index (χ4n) is 1.93. The molecule has 6 heteroatoms. The monoisotopic (exact) mass is 273 g/mol. The fourth-order valence-corrected chi connectivity index (χ4v) is 2.15. The Morgan fingerprint density at radius 2 is 2.05 bits per heavy atom. The molecule has 96 valence electrons. The summed E-state index contributed by atoms with van der Waals surface area (Å²) in [5, 5.41) is 13.2. The molecule has 3 rings (SSSR count). The maximum absolute atomic E-state index is 6.12. The van der Waals surface area contributed by atoms with Crippen molar-refractivity contribution in [3.05, 3.63) is 52.2 Å². The van der Waals surface area contributed by atoms with Gasteiger partial charge in [0.15, 0.2) is 16.6 Å². The maximum atomic E-state index is 6.12. The lowest BCUT2D eigenvalue weighted by Crippen LogP contribution is -2.03. The van der Waals surface area contributed by atoms with Crippen LogP contribution in [0.5, 0.6) is 0 Å². The predicted molar refractivity (Wildman–Crippen MR) is 72.3 cm³/mol. The minimum Gasteiger partial charge on any atom is -0.264 e. The number of pyridine rings is 1. The summed E-state index contributed by atoms with van der Waals surface area (Å²) in [6.07, 6.45) is 4.18. The molecule has 5 nitrogen and oxygen atoms in total. The van der Waals surface area contributed by atoms with Crippen molar-refractivity contribution in [2.75, 3.05) is 0 Å². The van der Waals surface area contributed by atoms with Gasteiger partial charge >= 0.3 is 0 Å². The van der Waals surface area contributed by atoms with Gasteiger partial charge in [0.2, 0.25) is 0 Å². The quantitative estimate of drug-likeness (QED) is 0.719. The lowest BCUT2D eigenvalue weighted by Gasteiger charge is -2.05. The van der Waals surface area contributed by atoms with Crippen LogP contribution < -0.4 is 0 Å². The van der Waals surface area contributed by atoms with E-state index in [9.17, 15) is 0 Å². The second-order valence-corrected chi connectivity index (χ2v) is 4.79. The van der Waals surface area contributed by atoms with Crippen molar-refractivity contribution >= 4 is 17.2 Å². The van der Waals surface area contributed by atoms with E-state index in [0.29, 0.717) is 11.6 Å². The first kappa shape index (κ1) is 12.0. The third-order valence-electron chi connectivity index (χ3n) is 3.19. The van der Waals surface area contributed by atoms with E-state index in [1.165, 1.54) is 0 Å². The molecule has 0 aliphatic carbocycles. The second kappa shape index (κ2) is 4.59. The van der Waals surface area contributed by atoms with Gasteiger partial charge < -0.3 is 0 Å². The van der Waals surface area contributed by atoms with Crippen molar-refractivity contribution in [3.8, 4) is 0 Å². The van der Waals surface area contributed by atoms with Gasteiger partial charge in [-0.2, -0.15) is 9.61 Å². The van der Waals surface area contributed by atoms with Gasteiger partial charge in [-0.3, -0.25) is 4.98 Å². The van der Waals surface area contributed by atoms with Gasteiger partial charge in [-0.15, -0.1) is 10.2 Å². The zero-order chi connectivity index (χ0) is 13.4. The highest BCUT2D eigenvalue weighted by Crippen LogP contribution is 2.20. The van der Waals surface area contributed by atoms with E-state index >= 15 is 0 Å². The average molecular weight is 274 g/mol. The summed E-state index contributed by atoms with van der Waals surface area (Å²) in [6, 6.07) is 3.89. The molecule has 0 fully saturated rings. The molecular formula is C13H12ClN5. The predicted octanol–water partition coefficient (Wildman–Crippen LogP) is 2.38. The van der Waals surface area contributed by atoms with Crippen molar-refractivity contribution in [3.63, 3.8) is 0 Å². The van der Waals surface area contributed by atoms with Gasteiger partial charge in [-0.05, 0) is 31.0 Å². The normalized spacial score (nSPS) is 11.1. The van der Waals surface area contributed by atoms with Crippen LogP contribution in [0, 0.1) is 13.8 Å². The van der Waals surface area contributed by atoms with E-state index in [4.69, 9.17) is 11.6 Å². The van der Waals surface area contributed by atoms with Gasteiger partial charge in [-0.1, -0.05) is 17.7 Å². The van der Waals surface area contributed by atoms with Gasteiger partial charge in [0.05, 0.1) is 0 Å². The molecule has 0 radical (unpaired) electrons. The van der Waals surface area contributed by atoms with Crippen LogP contribution in [0.4, 0.5) is 0 Å². The highest BCUT2D eigenvalue weighted by atomic mass is 35.5. The highest BCUT2D eigenvalue weighted by molar-refractivity contribution is 6.30. The van der Waals surface area contributed by atoms with Crippen LogP contribution in [-0.4, -0.2) is 24.8 Å². The first-order valence-electron chi connectivity index (χ1n) is 5.92.